The first-order valence-corrected chi connectivity index (χ1v) is 9.27. The van der Waals surface area contributed by atoms with E-state index < -0.39 is 0 Å². The minimum Gasteiger partial charge on any atom is -0.352 e. The van der Waals surface area contributed by atoms with E-state index in [1.165, 1.54) is 0 Å². The molecule has 1 fully saturated rings. The molecule has 0 saturated carbocycles. The monoisotopic (exact) mass is 486 g/mol. The van der Waals surface area contributed by atoms with E-state index in [4.69, 9.17) is 0 Å². The standard InChI is InChI=1S/C21H34N4O.HI/c1-19(2,3)24-17(26)16-11-9-10-15(12-16)13-23-18(22-8)25-14-20(4,5)21(25,6)7;/h9-12H,13-14H2,1-8H3,(H,22,23)(H,24,26);1H. The van der Waals surface area contributed by atoms with Crippen molar-refractivity contribution in [2.24, 2.45) is 10.4 Å². The van der Waals surface area contributed by atoms with Crippen LogP contribution in [0, 0.1) is 5.41 Å². The number of halogens is 1. The number of aliphatic imine (C=N–C) groups is 1. The second-order valence-corrected chi connectivity index (χ2v) is 9.33. The third kappa shape index (κ3) is 5.36. The van der Waals surface area contributed by atoms with Gasteiger partial charge in [0.15, 0.2) is 5.96 Å². The molecular weight excluding hydrogens is 451 g/mol. The molecule has 0 aromatic heterocycles. The molecule has 0 radical (unpaired) electrons. The van der Waals surface area contributed by atoms with Crippen LogP contribution in [0.25, 0.3) is 0 Å². The molecule has 1 heterocycles. The van der Waals surface area contributed by atoms with E-state index in [-0.39, 0.29) is 46.4 Å². The van der Waals surface area contributed by atoms with Gasteiger partial charge < -0.3 is 15.5 Å². The number of amides is 1. The summed E-state index contributed by atoms with van der Waals surface area (Å²) in [5.74, 6) is 0.855. The zero-order chi connectivity index (χ0) is 19.8. The molecule has 0 atom stereocenters. The molecule has 1 aromatic rings. The van der Waals surface area contributed by atoms with E-state index in [2.05, 4.69) is 48.2 Å². The Balaban J connectivity index is 0.00000364. The summed E-state index contributed by atoms with van der Waals surface area (Å²) in [5, 5.41) is 6.44. The second kappa shape index (κ2) is 8.37. The summed E-state index contributed by atoms with van der Waals surface area (Å²) in [6, 6.07) is 7.74. The van der Waals surface area contributed by atoms with Crippen molar-refractivity contribution in [3.05, 3.63) is 35.4 Å². The lowest BCUT2D eigenvalue weighted by atomic mass is 9.65. The van der Waals surface area contributed by atoms with E-state index in [0.717, 1.165) is 18.1 Å². The first-order chi connectivity index (χ1) is 11.9. The lowest BCUT2D eigenvalue weighted by molar-refractivity contribution is -0.0667. The Morgan fingerprint density at radius 3 is 2.33 bits per heavy atom. The van der Waals surface area contributed by atoms with Crippen LogP contribution in [-0.4, -0.2) is 41.4 Å². The van der Waals surface area contributed by atoms with Crippen molar-refractivity contribution in [3.8, 4) is 0 Å². The SMILES string of the molecule is CN=C(NCc1cccc(C(=O)NC(C)(C)C)c1)N1CC(C)(C)C1(C)C.I. The summed E-state index contributed by atoms with van der Waals surface area (Å²) < 4.78 is 0. The fraction of sp³-hybridized carbons (Fsp3) is 0.619. The molecule has 0 unspecified atom stereocenters. The quantitative estimate of drug-likeness (QED) is 0.386. The third-order valence-corrected chi connectivity index (χ3v) is 5.48. The molecule has 1 amide bonds. The second-order valence-electron chi connectivity index (χ2n) is 9.33. The van der Waals surface area contributed by atoms with Crippen molar-refractivity contribution >= 4 is 35.8 Å². The Kier molecular flexibility index (Phi) is 7.36. The number of nitrogens with one attached hydrogen (secondary N) is 2. The predicted molar refractivity (Wildman–Crippen MR) is 124 cm³/mol. The van der Waals surface area contributed by atoms with Crippen LogP contribution in [0.2, 0.25) is 0 Å². The lowest BCUT2D eigenvalue weighted by Gasteiger charge is -2.62. The molecule has 1 aliphatic heterocycles. The normalized spacial score (nSPS) is 18.2. The van der Waals surface area contributed by atoms with E-state index >= 15 is 0 Å². The maximum atomic E-state index is 12.4. The zero-order valence-corrected chi connectivity index (χ0v) is 20.3. The summed E-state index contributed by atoms with van der Waals surface area (Å²) in [6.45, 7) is 16.6. The molecule has 2 rings (SSSR count). The highest BCUT2D eigenvalue weighted by Gasteiger charge is 2.53. The summed E-state index contributed by atoms with van der Waals surface area (Å²) >= 11 is 0. The van der Waals surface area contributed by atoms with Gasteiger partial charge in [-0.2, -0.15) is 0 Å². The van der Waals surface area contributed by atoms with Crippen molar-refractivity contribution < 1.29 is 4.79 Å². The van der Waals surface area contributed by atoms with Crippen LogP contribution in [0.3, 0.4) is 0 Å². The number of carbonyl (C=O) groups is 1. The van der Waals surface area contributed by atoms with Gasteiger partial charge in [0.2, 0.25) is 0 Å². The number of carbonyl (C=O) groups excluding carboxylic acids is 1. The average Bonchev–Trinajstić information content (AvgIpc) is 2.53. The highest BCUT2D eigenvalue weighted by atomic mass is 127. The van der Waals surface area contributed by atoms with Crippen LogP contribution in [0.4, 0.5) is 0 Å². The maximum Gasteiger partial charge on any atom is 0.251 e. The molecule has 152 valence electrons. The van der Waals surface area contributed by atoms with Gasteiger partial charge in [0, 0.05) is 42.2 Å². The Bertz CT molecular complexity index is 704. The Labute approximate surface area is 181 Å². The van der Waals surface area contributed by atoms with Crippen LogP contribution in [-0.2, 0) is 6.54 Å². The van der Waals surface area contributed by atoms with Crippen LogP contribution in [0.15, 0.2) is 29.3 Å². The molecule has 1 aromatic carbocycles. The molecule has 2 N–H and O–H groups in total. The lowest BCUT2D eigenvalue weighted by Crippen LogP contribution is -2.72. The predicted octanol–water partition coefficient (Wildman–Crippen LogP) is 4.03. The minimum atomic E-state index is -0.247. The first kappa shape index (κ1) is 23.7. The Morgan fingerprint density at radius 1 is 1.22 bits per heavy atom. The number of hydrogen-bond donors (Lipinski definition) is 2. The Morgan fingerprint density at radius 2 is 1.85 bits per heavy atom. The van der Waals surface area contributed by atoms with E-state index in [0.29, 0.717) is 12.1 Å². The molecule has 0 aliphatic carbocycles. The largest absolute Gasteiger partial charge is 0.352 e. The van der Waals surface area contributed by atoms with E-state index in [1.807, 2.05) is 52.1 Å². The van der Waals surface area contributed by atoms with Crippen molar-refractivity contribution in [3.63, 3.8) is 0 Å². The number of likely N-dealkylation sites (tertiary alicyclic amines) is 1. The molecule has 6 heteroatoms. The third-order valence-electron chi connectivity index (χ3n) is 5.48. The van der Waals surface area contributed by atoms with Gasteiger partial charge in [-0.3, -0.25) is 9.79 Å². The number of nitrogens with zero attached hydrogens (tertiary/aromatic N) is 2. The van der Waals surface area contributed by atoms with Gasteiger partial charge >= 0.3 is 0 Å². The van der Waals surface area contributed by atoms with Crippen molar-refractivity contribution in [2.75, 3.05) is 13.6 Å². The van der Waals surface area contributed by atoms with E-state index in [9.17, 15) is 4.79 Å². The molecule has 27 heavy (non-hydrogen) atoms. The smallest absolute Gasteiger partial charge is 0.251 e. The van der Waals surface area contributed by atoms with Gasteiger partial charge in [-0.15, -0.1) is 24.0 Å². The highest BCUT2D eigenvalue weighted by molar-refractivity contribution is 14.0. The van der Waals surface area contributed by atoms with Gasteiger partial charge in [0.05, 0.1) is 0 Å². The average molecular weight is 486 g/mol. The van der Waals surface area contributed by atoms with Gasteiger partial charge in [-0.25, -0.2) is 0 Å². The van der Waals surface area contributed by atoms with Gasteiger partial charge in [0.1, 0.15) is 0 Å². The molecular formula is C21H35IN4O. The zero-order valence-electron chi connectivity index (χ0n) is 17.9. The van der Waals surface area contributed by atoms with Crippen molar-refractivity contribution in [2.45, 2.75) is 66.1 Å². The number of benzene rings is 1. The summed E-state index contributed by atoms with van der Waals surface area (Å²) in [7, 11) is 1.82. The van der Waals surface area contributed by atoms with Gasteiger partial charge in [-0.1, -0.05) is 26.0 Å². The molecule has 0 bridgehead atoms. The van der Waals surface area contributed by atoms with Gasteiger partial charge in [0.25, 0.3) is 5.91 Å². The van der Waals surface area contributed by atoms with Crippen molar-refractivity contribution in [1.82, 2.24) is 15.5 Å². The minimum absolute atomic E-state index is 0. The highest BCUT2D eigenvalue weighted by Crippen LogP contribution is 2.46. The molecule has 0 spiro atoms. The molecule has 5 nitrogen and oxygen atoms in total. The summed E-state index contributed by atoms with van der Waals surface area (Å²) in [5.41, 5.74) is 1.81. The van der Waals surface area contributed by atoms with Crippen molar-refractivity contribution in [1.29, 1.82) is 0 Å². The topological polar surface area (TPSA) is 56.7 Å². The summed E-state index contributed by atoms with van der Waals surface area (Å²) in [4.78, 5) is 19.1. The van der Waals surface area contributed by atoms with Crippen LogP contribution >= 0.6 is 24.0 Å². The van der Waals surface area contributed by atoms with E-state index in [1.54, 1.807) is 0 Å². The molecule has 1 aliphatic rings. The maximum absolute atomic E-state index is 12.4. The molecule has 1 saturated heterocycles. The van der Waals surface area contributed by atoms with Crippen LogP contribution < -0.4 is 10.6 Å². The Hall–Kier alpha value is -1.31. The summed E-state index contributed by atoms with van der Waals surface area (Å²) in [6.07, 6.45) is 0. The fourth-order valence-electron chi connectivity index (χ4n) is 3.11. The van der Waals surface area contributed by atoms with Crippen LogP contribution in [0.5, 0.6) is 0 Å². The number of hydrogen-bond acceptors (Lipinski definition) is 2. The first-order valence-electron chi connectivity index (χ1n) is 9.27. The number of guanidine groups is 1. The van der Waals surface area contributed by atoms with Gasteiger partial charge in [-0.05, 0) is 52.3 Å². The number of rotatable bonds is 3. The van der Waals surface area contributed by atoms with Crippen LogP contribution in [0.1, 0.15) is 64.4 Å². The fourth-order valence-corrected chi connectivity index (χ4v) is 3.11.